The lowest BCUT2D eigenvalue weighted by Gasteiger charge is -2.29. The molecule has 4 N–H and O–H groups in total. The highest BCUT2D eigenvalue weighted by atomic mass is 15.2. The Morgan fingerprint density at radius 2 is 1.73 bits per heavy atom. The molecule has 152 valence electrons. The van der Waals surface area contributed by atoms with Gasteiger partial charge in [0.2, 0.25) is 5.95 Å². The van der Waals surface area contributed by atoms with Crippen molar-refractivity contribution in [2.24, 2.45) is 0 Å². The summed E-state index contributed by atoms with van der Waals surface area (Å²) in [5.74, 6) is 1.32. The van der Waals surface area contributed by atoms with Crippen LogP contribution in [-0.4, -0.2) is 46.3 Å². The third-order valence-electron chi connectivity index (χ3n) is 5.28. The molecule has 2 aromatic carbocycles. The highest BCUT2D eigenvalue weighted by molar-refractivity contribution is 5.82. The van der Waals surface area contributed by atoms with Gasteiger partial charge < -0.3 is 20.9 Å². The van der Waals surface area contributed by atoms with Gasteiger partial charge in [-0.1, -0.05) is 0 Å². The molecule has 0 radical (unpaired) electrons. The Labute approximate surface area is 174 Å². The zero-order valence-electron chi connectivity index (χ0n) is 16.8. The van der Waals surface area contributed by atoms with Gasteiger partial charge in [-0.2, -0.15) is 10.1 Å². The SMILES string of the molecule is Cc1cnc(Nc2ccc(N3CCNCC3)cc2)nc1Nc1ccc2cn[nH]c2c1. The number of rotatable bonds is 5. The molecule has 1 aliphatic heterocycles. The molecule has 0 unspecified atom stereocenters. The molecule has 8 heteroatoms. The molecule has 0 saturated carbocycles. The number of hydrogen-bond acceptors (Lipinski definition) is 7. The van der Waals surface area contributed by atoms with E-state index in [0.717, 1.165) is 59.8 Å². The predicted molar refractivity (Wildman–Crippen MR) is 121 cm³/mol. The number of H-pyrrole nitrogens is 1. The van der Waals surface area contributed by atoms with Crippen molar-refractivity contribution in [1.82, 2.24) is 25.5 Å². The molecular weight excluding hydrogens is 376 g/mol. The summed E-state index contributed by atoms with van der Waals surface area (Å²) in [5.41, 5.74) is 5.10. The maximum atomic E-state index is 4.67. The van der Waals surface area contributed by atoms with Crippen LogP contribution in [0.2, 0.25) is 0 Å². The average molecular weight is 400 g/mol. The van der Waals surface area contributed by atoms with Gasteiger partial charge >= 0.3 is 0 Å². The number of hydrogen-bond donors (Lipinski definition) is 4. The molecule has 30 heavy (non-hydrogen) atoms. The third kappa shape index (κ3) is 3.90. The van der Waals surface area contributed by atoms with Crippen LogP contribution in [0.4, 0.5) is 28.8 Å². The van der Waals surface area contributed by atoms with Gasteiger partial charge in [-0.05, 0) is 49.4 Å². The molecule has 0 aliphatic carbocycles. The van der Waals surface area contributed by atoms with Crippen molar-refractivity contribution in [2.75, 3.05) is 41.7 Å². The molecule has 1 fully saturated rings. The summed E-state index contributed by atoms with van der Waals surface area (Å²) in [6, 6.07) is 14.5. The molecule has 5 rings (SSSR count). The Kier molecular flexibility index (Phi) is 4.90. The van der Waals surface area contributed by atoms with Crippen LogP contribution in [0.1, 0.15) is 5.56 Å². The first kappa shape index (κ1) is 18.4. The number of anilines is 5. The number of nitrogens with zero attached hydrogens (tertiary/aromatic N) is 4. The normalized spacial score (nSPS) is 14.1. The Morgan fingerprint density at radius 1 is 0.933 bits per heavy atom. The highest BCUT2D eigenvalue weighted by Crippen LogP contribution is 2.24. The first-order valence-electron chi connectivity index (χ1n) is 10.1. The van der Waals surface area contributed by atoms with E-state index in [-0.39, 0.29) is 0 Å². The average Bonchev–Trinajstić information content (AvgIpc) is 3.25. The smallest absolute Gasteiger partial charge is 0.229 e. The quantitative estimate of drug-likeness (QED) is 0.407. The largest absolute Gasteiger partial charge is 0.369 e. The van der Waals surface area contributed by atoms with Crippen LogP contribution in [0, 0.1) is 6.92 Å². The van der Waals surface area contributed by atoms with Crippen molar-refractivity contribution in [3.05, 3.63) is 60.4 Å². The summed E-state index contributed by atoms with van der Waals surface area (Å²) in [7, 11) is 0. The van der Waals surface area contributed by atoms with Crippen molar-refractivity contribution in [1.29, 1.82) is 0 Å². The van der Waals surface area contributed by atoms with E-state index in [2.05, 4.69) is 65.3 Å². The molecule has 0 atom stereocenters. The van der Waals surface area contributed by atoms with Crippen molar-refractivity contribution in [3.8, 4) is 0 Å². The topological polar surface area (TPSA) is 93.8 Å². The zero-order chi connectivity index (χ0) is 20.3. The number of aryl methyl sites for hydroxylation is 1. The van der Waals surface area contributed by atoms with E-state index >= 15 is 0 Å². The van der Waals surface area contributed by atoms with Gasteiger partial charge in [0, 0.05) is 60.4 Å². The number of aromatic amines is 1. The van der Waals surface area contributed by atoms with Gasteiger partial charge in [-0.25, -0.2) is 4.98 Å². The molecule has 1 aliphatic rings. The molecule has 0 bridgehead atoms. The number of fused-ring (bicyclic) bond motifs is 1. The number of piperazine rings is 1. The van der Waals surface area contributed by atoms with Gasteiger partial charge in [0.1, 0.15) is 5.82 Å². The minimum absolute atomic E-state index is 0.556. The van der Waals surface area contributed by atoms with Crippen LogP contribution in [0.15, 0.2) is 54.9 Å². The minimum atomic E-state index is 0.556. The van der Waals surface area contributed by atoms with E-state index < -0.39 is 0 Å². The van der Waals surface area contributed by atoms with Gasteiger partial charge in [0.05, 0.1) is 11.7 Å². The van der Waals surface area contributed by atoms with Crippen LogP contribution < -0.4 is 20.9 Å². The second kappa shape index (κ2) is 8.00. The lowest BCUT2D eigenvalue weighted by molar-refractivity contribution is 0.589. The lowest BCUT2D eigenvalue weighted by atomic mass is 10.2. The van der Waals surface area contributed by atoms with Crippen LogP contribution in [0.5, 0.6) is 0 Å². The van der Waals surface area contributed by atoms with E-state index in [1.54, 1.807) is 0 Å². The molecular formula is C22H24N8. The van der Waals surface area contributed by atoms with Crippen LogP contribution in [-0.2, 0) is 0 Å². The van der Waals surface area contributed by atoms with Crippen LogP contribution in [0.3, 0.4) is 0 Å². The third-order valence-corrected chi connectivity index (χ3v) is 5.28. The van der Waals surface area contributed by atoms with E-state index in [4.69, 9.17) is 0 Å². The standard InChI is InChI=1S/C22H24N8/c1-15-13-24-22(27-17-4-6-19(7-5-17)30-10-8-23-9-11-30)28-21(15)26-18-3-2-16-14-25-29-20(16)12-18/h2-7,12-14,23H,8-11H2,1H3,(H,25,29)(H2,24,26,27,28). The maximum absolute atomic E-state index is 4.67. The summed E-state index contributed by atoms with van der Waals surface area (Å²) < 4.78 is 0. The van der Waals surface area contributed by atoms with Gasteiger partial charge in [0.15, 0.2) is 0 Å². The van der Waals surface area contributed by atoms with E-state index in [1.807, 2.05) is 37.5 Å². The molecule has 3 heterocycles. The number of benzene rings is 2. The molecule has 2 aromatic heterocycles. The van der Waals surface area contributed by atoms with E-state index in [1.165, 1.54) is 5.69 Å². The summed E-state index contributed by atoms with van der Waals surface area (Å²) >= 11 is 0. The second-order valence-corrected chi connectivity index (χ2v) is 7.43. The minimum Gasteiger partial charge on any atom is -0.369 e. The van der Waals surface area contributed by atoms with E-state index in [9.17, 15) is 0 Å². The Hall–Kier alpha value is -3.65. The molecule has 4 aromatic rings. The van der Waals surface area contributed by atoms with Crippen molar-refractivity contribution >= 4 is 39.7 Å². The van der Waals surface area contributed by atoms with Crippen LogP contribution >= 0.6 is 0 Å². The fraction of sp³-hybridized carbons (Fsp3) is 0.227. The van der Waals surface area contributed by atoms with Crippen molar-refractivity contribution < 1.29 is 0 Å². The number of aromatic nitrogens is 4. The number of nitrogens with one attached hydrogen (secondary N) is 4. The highest BCUT2D eigenvalue weighted by Gasteiger charge is 2.10. The van der Waals surface area contributed by atoms with Crippen molar-refractivity contribution in [3.63, 3.8) is 0 Å². The van der Waals surface area contributed by atoms with Gasteiger partial charge in [-0.15, -0.1) is 0 Å². The summed E-state index contributed by atoms with van der Waals surface area (Å²) in [4.78, 5) is 11.5. The summed E-state index contributed by atoms with van der Waals surface area (Å²) in [6.45, 7) is 6.12. The maximum Gasteiger partial charge on any atom is 0.229 e. The molecule has 1 saturated heterocycles. The molecule has 8 nitrogen and oxygen atoms in total. The van der Waals surface area contributed by atoms with Gasteiger partial charge in [-0.3, -0.25) is 5.10 Å². The fourth-order valence-corrected chi connectivity index (χ4v) is 3.59. The Bertz CT molecular complexity index is 1150. The summed E-state index contributed by atoms with van der Waals surface area (Å²) in [6.07, 6.45) is 3.63. The first-order chi connectivity index (χ1) is 14.7. The summed E-state index contributed by atoms with van der Waals surface area (Å²) in [5, 5.41) is 18.2. The monoisotopic (exact) mass is 400 g/mol. The van der Waals surface area contributed by atoms with Crippen LogP contribution in [0.25, 0.3) is 10.9 Å². The second-order valence-electron chi connectivity index (χ2n) is 7.43. The van der Waals surface area contributed by atoms with Crippen molar-refractivity contribution in [2.45, 2.75) is 6.92 Å². The van der Waals surface area contributed by atoms with E-state index in [0.29, 0.717) is 5.95 Å². The zero-order valence-corrected chi connectivity index (χ0v) is 16.8. The Balaban J connectivity index is 1.31. The van der Waals surface area contributed by atoms with Gasteiger partial charge in [0.25, 0.3) is 0 Å². The fourth-order valence-electron chi connectivity index (χ4n) is 3.59. The molecule has 0 amide bonds. The Morgan fingerprint density at radius 3 is 2.57 bits per heavy atom. The molecule has 0 spiro atoms. The first-order valence-corrected chi connectivity index (χ1v) is 10.1. The lowest BCUT2D eigenvalue weighted by Crippen LogP contribution is -2.43. The predicted octanol–water partition coefficient (Wildman–Crippen LogP) is 3.56.